The van der Waals surface area contributed by atoms with Crippen LogP contribution in [0.3, 0.4) is 0 Å². The summed E-state index contributed by atoms with van der Waals surface area (Å²) in [6, 6.07) is 4.20. The topological polar surface area (TPSA) is 74.1 Å². The number of hydrogen-bond donors (Lipinski definition) is 1. The number of benzene rings is 1. The molecule has 1 aromatic heterocycles. The van der Waals surface area contributed by atoms with Crippen LogP contribution in [-0.4, -0.2) is 84.0 Å². The van der Waals surface area contributed by atoms with Gasteiger partial charge in [0.15, 0.2) is 5.82 Å². The van der Waals surface area contributed by atoms with Gasteiger partial charge in [0.1, 0.15) is 6.29 Å². The number of halogens is 2. The van der Waals surface area contributed by atoms with Gasteiger partial charge in [-0.05, 0) is 74.0 Å². The van der Waals surface area contributed by atoms with Crippen molar-refractivity contribution < 1.29 is 23.4 Å². The van der Waals surface area contributed by atoms with Crippen LogP contribution in [0.25, 0.3) is 0 Å². The Morgan fingerprint density at radius 1 is 1.19 bits per heavy atom. The molecule has 0 radical (unpaired) electrons. The average Bonchev–Trinajstić information content (AvgIpc) is 3.37. The second-order valence-corrected chi connectivity index (χ2v) is 13.1. The Kier molecular flexibility index (Phi) is 8.63. The Morgan fingerprint density at radius 3 is 2.60 bits per heavy atom. The van der Waals surface area contributed by atoms with Gasteiger partial charge in [-0.1, -0.05) is 12.6 Å². The molecule has 7 rings (SSSR count). The normalized spacial score (nSPS) is 21.9. The van der Waals surface area contributed by atoms with E-state index in [2.05, 4.69) is 32.0 Å². The predicted octanol–water partition coefficient (Wildman–Crippen LogP) is 5.14. The van der Waals surface area contributed by atoms with Crippen molar-refractivity contribution in [1.82, 2.24) is 19.6 Å². The van der Waals surface area contributed by atoms with Crippen LogP contribution in [0, 0.1) is 5.41 Å². The van der Waals surface area contributed by atoms with E-state index in [4.69, 9.17) is 14.9 Å². The van der Waals surface area contributed by atoms with Gasteiger partial charge in [-0.15, -0.1) is 0 Å². The maximum Gasteiger partial charge on any atom is 0.264 e. The fourth-order valence-corrected chi connectivity index (χ4v) is 8.23. The van der Waals surface area contributed by atoms with E-state index in [-0.39, 0.29) is 16.9 Å². The molecule has 10 heteroatoms. The molecular weight excluding hydrogens is 552 g/mol. The summed E-state index contributed by atoms with van der Waals surface area (Å²) in [5, 5.41) is 12.3. The van der Waals surface area contributed by atoms with Gasteiger partial charge in [-0.25, -0.2) is 8.78 Å². The van der Waals surface area contributed by atoms with Gasteiger partial charge in [0.25, 0.3) is 6.43 Å². The number of allylic oxidation sites excluding steroid dienone is 1. The van der Waals surface area contributed by atoms with E-state index < -0.39 is 6.43 Å². The molecule has 1 aromatic carbocycles. The zero-order chi connectivity index (χ0) is 30.3. The summed E-state index contributed by atoms with van der Waals surface area (Å²) in [5.74, 6) is 1.10. The number of aldehydes is 1. The molecule has 1 N–H and O–H groups in total. The quantitative estimate of drug-likeness (QED) is 0.444. The first-order valence-electron chi connectivity index (χ1n) is 15.8. The summed E-state index contributed by atoms with van der Waals surface area (Å²) in [6.45, 7) is 12.5. The average molecular weight is 598 g/mol. The van der Waals surface area contributed by atoms with Crippen LogP contribution in [0.2, 0.25) is 0 Å². The first-order valence-corrected chi connectivity index (χ1v) is 15.8. The Labute approximate surface area is 253 Å². The molecule has 1 spiro atoms. The van der Waals surface area contributed by atoms with Crippen molar-refractivity contribution in [3.05, 3.63) is 52.4 Å². The molecule has 2 aromatic rings. The fraction of sp³-hybridized carbons (Fsp3) is 0.636. The molecule has 234 valence electrons. The van der Waals surface area contributed by atoms with Crippen molar-refractivity contribution in [3.8, 4) is 0 Å². The highest BCUT2D eigenvalue weighted by Gasteiger charge is 2.53. The molecule has 0 amide bonds. The maximum absolute atomic E-state index is 14.6. The number of fused-ring (bicyclic) bond motifs is 2. The van der Waals surface area contributed by atoms with E-state index in [1.807, 2.05) is 6.92 Å². The standard InChI is InChI=1S/C32H41F2N5O2.CH4O/c1-21(2)37-9-5-28-27(18-37)31(35-39(28)24-6-12-41-13-7-24)38-8-3-4-22-14-25(26(30(33)34)15-29(22)38)23-16-32(17-23)19-36(20-32)10-11-40;1-2/h11,14-15,23-24,30H,1,3-10,12-13,16-20H2,2H3;2H,1H3. The van der Waals surface area contributed by atoms with Crippen molar-refractivity contribution >= 4 is 17.8 Å². The van der Waals surface area contributed by atoms with Gasteiger partial charge >= 0.3 is 0 Å². The number of anilines is 2. The molecule has 5 heterocycles. The number of alkyl halides is 2. The summed E-state index contributed by atoms with van der Waals surface area (Å²) in [7, 11) is 1.00. The molecule has 0 unspecified atom stereocenters. The molecule has 0 atom stereocenters. The summed E-state index contributed by atoms with van der Waals surface area (Å²) in [4.78, 5) is 17.5. The van der Waals surface area contributed by atoms with Crippen molar-refractivity contribution in [2.75, 3.05) is 57.9 Å². The van der Waals surface area contributed by atoms with E-state index in [0.717, 1.165) is 133 Å². The highest BCUT2D eigenvalue weighted by atomic mass is 19.3. The minimum absolute atomic E-state index is 0.169. The summed E-state index contributed by atoms with van der Waals surface area (Å²) in [6.07, 6.45) is 4.97. The van der Waals surface area contributed by atoms with Crippen LogP contribution in [0.1, 0.15) is 85.4 Å². The van der Waals surface area contributed by atoms with E-state index in [9.17, 15) is 13.6 Å². The van der Waals surface area contributed by atoms with Crippen LogP contribution in [-0.2, 0) is 28.9 Å². The maximum atomic E-state index is 14.6. The number of carbonyl (C=O) groups excluding carboxylic acids is 1. The monoisotopic (exact) mass is 597 g/mol. The van der Waals surface area contributed by atoms with Gasteiger partial charge in [0.2, 0.25) is 0 Å². The lowest BCUT2D eigenvalue weighted by molar-refractivity contribution is -0.116. The van der Waals surface area contributed by atoms with Gasteiger partial charge < -0.3 is 24.4 Å². The highest BCUT2D eigenvalue weighted by molar-refractivity contribution is 5.70. The molecule has 4 aliphatic heterocycles. The third-order valence-corrected chi connectivity index (χ3v) is 10.3. The second kappa shape index (κ2) is 12.3. The minimum atomic E-state index is -2.52. The number of aliphatic hydroxyl groups excluding tert-OH is 1. The van der Waals surface area contributed by atoms with Crippen molar-refractivity contribution in [1.29, 1.82) is 0 Å². The van der Waals surface area contributed by atoms with E-state index in [1.165, 1.54) is 11.3 Å². The van der Waals surface area contributed by atoms with E-state index in [0.29, 0.717) is 12.6 Å². The van der Waals surface area contributed by atoms with Crippen molar-refractivity contribution in [2.45, 2.75) is 76.8 Å². The van der Waals surface area contributed by atoms with Crippen molar-refractivity contribution in [2.24, 2.45) is 5.41 Å². The molecule has 0 bridgehead atoms. The van der Waals surface area contributed by atoms with Crippen LogP contribution in [0.4, 0.5) is 20.3 Å². The minimum Gasteiger partial charge on any atom is -0.400 e. The molecule has 43 heavy (non-hydrogen) atoms. The first-order chi connectivity index (χ1) is 20.9. The van der Waals surface area contributed by atoms with Crippen LogP contribution in [0.15, 0.2) is 24.4 Å². The molecule has 1 saturated carbocycles. The Bertz CT molecular complexity index is 1340. The lowest BCUT2D eigenvalue weighted by Crippen LogP contribution is -2.61. The number of hydrogen-bond acceptors (Lipinski definition) is 7. The van der Waals surface area contributed by atoms with Crippen LogP contribution >= 0.6 is 0 Å². The zero-order valence-electron chi connectivity index (χ0n) is 25.5. The zero-order valence-corrected chi connectivity index (χ0v) is 25.5. The molecule has 2 saturated heterocycles. The molecule has 1 aliphatic carbocycles. The number of aromatic nitrogens is 2. The molecule has 5 aliphatic rings. The molecule has 8 nitrogen and oxygen atoms in total. The largest absolute Gasteiger partial charge is 0.400 e. The number of nitrogens with zero attached hydrogens (tertiary/aromatic N) is 5. The Hall–Kier alpha value is -2.82. The summed E-state index contributed by atoms with van der Waals surface area (Å²) >= 11 is 0. The molecular formula is C33H45F2N5O3. The predicted molar refractivity (Wildman–Crippen MR) is 162 cm³/mol. The van der Waals surface area contributed by atoms with Crippen LogP contribution < -0.4 is 4.90 Å². The van der Waals surface area contributed by atoms with Crippen molar-refractivity contribution in [3.63, 3.8) is 0 Å². The number of likely N-dealkylation sites (tertiary alicyclic amines) is 1. The van der Waals surface area contributed by atoms with E-state index in [1.54, 1.807) is 6.07 Å². The van der Waals surface area contributed by atoms with E-state index >= 15 is 0 Å². The Morgan fingerprint density at radius 2 is 1.93 bits per heavy atom. The summed E-state index contributed by atoms with van der Waals surface area (Å²) < 4.78 is 37.2. The smallest absolute Gasteiger partial charge is 0.264 e. The third kappa shape index (κ3) is 5.51. The highest BCUT2D eigenvalue weighted by Crippen LogP contribution is 2.57. The van der Waals surface area contributed by atoms with Crippen LogP contribution in [0.5, 0.6) is 0 Å². The van der Waals surface area contributed by atoms with Gasteiger partial charge in [0.05, 0.1) is 12.6 Å². The fourth-order valence-electron chi connectivity index (χ4n) is 8.23. The lowest BCUT2D eigenvalue weighted by Gasteiger charge is -2.59. The SMILES string of the molecule is C=C(C)N1CCc2c(c(N3CCCc4cc(C5CC6(C5)CN(CC=O)C6)c(C(F)F)cc43)nn2C2CCOCC2)C1.CO. The number of aryl methyl sites for hydroxylation is 1. The van der Waals surface area contributed by atoms with Gasteiger partial charge in [0, 0.05) is 87.7 Å². The third-order valence-electron chi connectivity index (χ3n) is 10.3. The number of aliphatic hydroxyl groups is 1. The Balaban J connectivity index is 0.00000161. The van der Waals surface area contributed by atoms with Gasteiger partial charge in [-0.3, -0.25) is 9.58 Å². The number of carbonyl (C=O) groups is 1. The number of ether oxygens (including phenoxy) is 1. The van der Waals surface area contributed by atoms with Gasteiger partial charge in [-0.2, -0.15) is 5.10 Å². The second-order valence-electron chi connectivity index (χ2n) is 13.1. The lowest BCUT2D eigenvalue weighted by atomic mass is 9.55. The number of rotatable bonds is 7. The molecule has 3 fully saturated rings. The summed E-state index contributed by atoms with van der Waals surface area (Å²) in [5.41, 5.74) is 6.83. The first kappa shape index (κ1) is 30.2.